The van der Waals surface area contributed by atoms with Gasteiger partial charge in [-0.05, 0) is 37.8 Å². The average molecular weight is 262 g/mol. The maximum absolute atomic E-state index is 12.2. The van der Waals surface area contributed by atoms with Crippen molar-refractivity contribution < 1.29 is 4.79 Å². The van der Waals surface area contributed by atoms with Gasteiger partial charge in [-0.2, -0.15) is 0 Å². The van der Waals surface area contributed by atoms with E-state index in [4.69, 9.17) is 5.73 Å². The highest BCUT2D eigenvalue weighted by Crippen LogP contribution is 2.23. The van der Waals surface area contributed by atoms with E-state index >= 15 is 0 Å². The molecular weight excluding hydrogens is 236 g/mol. The lowest BCUT2D eigenvalue weighted by molar-refractivity contribution is -0.130. The lowest BCUT2D eigenvalue weighted by Gasteiger charge is -2.27. The van der Waals surface area contributed by atoms with Crippen LogP contribution in [0, 0.1) is 6.92 Å². The van der Waals surface area contributed by atoms with E-state index < -0.39 is 0 Å². The molecule has 2 N–H and O–H groups in total. The number of benzene rings is 1. The summed E-state index contributed by atoms with van der Waals surface area (Å²) in [5.74, 6) is 0.381. The van der Waals surface area contributed by atoms with Crippen LogP contribution >= 0.6 is 0 Å². The predicted molar refractivity (Wildman–Crippen MR) is 80.1 cm³/mol. The molecule has 19 heavy (non-hydrogen) atoms. The molecular formula is C16H26N2O. The topological polar surface area (TPSA) is 46.3 Å². The third-order valence-electron chi connectivity index (χ3n) is 3.27. The fraction of sp³-hybridized carbons (Fsp3) is 0.562. The summed E-state index contributed by atoms with van der Waals surface area (Å²) >= 11 is 0. The van der Waals surface area contributed by atoms with Crippen molar-refractivity contribution in [1.29, 1.82) is 0 Å². The first kappa shape index (κ1) is 15.7. The molecule has 0 bridgehead atoms. The van der Waals surface area contributed by atoms with E-state index in [2.05, 4.69) is 26.0 Å². The van der Waals surface area contributed by atoms with Gasteiger partial charge in [-0.3, -0.25) is 4.79 Å². The molecule has 1 aromatic carbocycles. The van der Waals surface area contributed by atoms with Gasteiger partial charge in [-0.1, -0.05) is 31.2 Å². The van der Waals surface area contributed by atoms with Crippen LogP contribution < -0.4 is 5.73 Å². The Morgan fingerprint density at radius 3 is 2.47 bits per heavy atom. The highest BCUT2D eigenvalue weighted by atomic mass is 16.2. The molecule has 1 unspecified atom stereocenters. The molecule has 106 valence electrons. The third kappa shape index (κ3) is 5.03. The van der Waals surface area contributed by atoms with Crippen molar-refractivity contribution in [3.63, 3.8) is 0 Å². The van der Waals surface area contributed by atoms with E-state index in [0.717, 1.165) is 0 Å². The van der Waals surface area contributed by atoms with Crippen LogP contribution in [0.25, 0.3) is 0 Å². The van der Waals surface area contributed by atoms with Gasteiger partial charge in [0.05, 0.1) is 0 Å². The van der Waals surface area contributed by atoms with E-state index in [1.165, 1.54) is 11.1 Å². The smallest absolute Gasteiger partial charge is 0.222 e. The third-order valence-corrected chi connectivity index (χ3v) is 3.27. The van der Waals surface area contributed by atoms with Crippen molar-refractivity contribution in [2.75, 3.05) is 13.6 Å². The van der Waals surface area contributed by atoms with Crippen LogP contribution in [0.5, 0.6) is 0 Å². The minimum Gasteiger partial charge on any atom is -0.344 e. The molecule has 0 saturated heterocycles. The molecule has 1 rings (SSSR count). The first-order chi connectivity index (χ1) is 8.70. The minimum absolute atomic E-state index is 0.147. The molecule has 0 fully saturated rings. The van der Waals surface area contributed by atoms with E-state index in [-0.39, 0.29) is 17.4 Å². The second-order valence-electron chi connectivity index (χ2n) is 6.20. The van der Waals surface area contributed by atoms with Crippen molar-refractivity contribution >= 4 is 5.91 Å². The first-order valence-electron chi connectivity index (χ1n) is 6.79. The summed E-state index contributed by atoms with van der Waals surface area (Å²) in [5.41, 5.74) is 8.08. The van der Waals surface area contributed by atoms with Crippen molar-refractivity contribution in [3.05, 3.63) is 35.4 Å². The zero-order valence-electron chi connectivity index (χ0n) is 12.7. The Morgan fingerprint density at radius 1 is 1.37 bits per heavy atom. The fourth-order valence-electron chi connectivity index (χ4n) is 2.37. The number of hydrogen-bond donors (Lipinski definition) is 1. The molecule has 3 heteroatoms. The maximum atomic E-state index is 12.2. The molecule has 0 spiro atoms. The van der Waals surface area contributed by atoms with Gasteiger partial charge in [-0.15, -0.1) is 0 Å². The molecule has 0 radical (unpaired) electrons. The summed E-state index contributed by atoms with van der Waals surface area (Å²) in [6.07, 6.45) is 0.525. The SMILES string of the molecule is Cc1ccccc1C(C)CC(=O)N(C)CC(C)(C)N. The van der Waals surface area contributed by atoms with Gasteiger partial charge in [0.2, 0.25) is 5.91 Å². The fourth-order valence-corrected chi connectivity index (χ4v) is 2.37. The van der Waals surface area contributed by atoms with E-state index in [9.17, 15) is 4.79 Å². The number of aryl methyl sites for hydroxylation is 1. The zero-order valence-corrected chi connectivity index (χ0v) is 12.7. The van der Waals surface area contributed by atoms with Crippen molar-refractivity contribution in [2.24, 2.45) is 5.73 Å². The lowest BCUT2D eigenvalue weighted by Crippen LogP contribution is -2.46. The number of nitrogens with two attached hydrogens (primary N) is 1. The summed E-state index contributed by atoms with van der Waals surface area (Å²) in [5, 5.41) is 0. The van der Waals surface area contributed by atoms with Gasteiger partial charge in [0.15, 0.2) is 0 Å². The van der Waals surface area contributed by atoms with Gasteiger partial charge in [0.1, 0.15) is 0 Å². The Hall–Kier alpha value is -1.35. The van der Waals surface area contributed by atoms with Gasteiger partial charge in [-0.25, -0.2) is 0 Å². The van der Waals surface area contributed by atoms with Crippen LogP contribution in [0.2, 0.25) is 0 Å². The molecule has 0 aromatic heterocycles. The Bertz CT molecular complexity index is 435. The molecule has 0 saturated carbocycles. The average Bonchev–Trinajstić information content (AvgIpc) is 2.27. The number of rotatable bonds is 5. The second kappa shape index (κ2) is 6.20. The predicted octanol–water partition coefficient (Wildman–Crippen LogP) is 2.68. The van der Waals surface area contributed by atoms with Crippen LogP contribution in [0.4, 0.5) is 0 Å². The van der Waals surface area contributed by atoms with Crippen molar-refractivity contribution in [1.82, 2.24) is 4.90 Å². The number of nitrogens with zero attached hydrogens (tertiary/aromatic N) is 1. The normalized spacial score (nSPS) is 13.2. The quantitative estimate of drug-likeness (QED) is 0.887. The Labute approximate surface area is 116 Å². The summed E-state index contributed by atoms with van der Waals surface area (Å²) < 4.78 is 0. The first-order valence-corrected chi connectivity index (χ1v) is 6.79. The van der Waals surface area contributed by atoms with Crippen molar-refractivity contribution in [2.45, 2.75) is 45.6 Å². The zero-order chi connectivity index (χ0) is 14.6. The molecule has 1 amide bonds. The van der Waals surface area contributed by atoms with E-state index in [0.29, 0.717) is 13.0 Å². The summed E-state index contributed by atoms with van der Waals surface area (Å²) in [4.78, 5) is 13.9. The molecule has 0 aliphatic carbocycles. The highest BCUT2D eigenvalue weighted by molar-refractivity contribution is 5.77. The minimum atomic E-state index is -0.351. The highest BCUT2D eigenvalue weighted by Gasteiger charge is 2.20. The van der Waals surface area contributed by atoms with E-state index in [1.807, 2.05) is 33.0 Å². The maximum Gasteiger partial charge on any atom is 0.222 e. The number of carbonyl (C=O) groups is 1. The van der Waals surface area contributed by atoms with Gasteiger partial charge in [0, 0.05) is 25.6 Å². The van der Waals surface area contributed by atoms with Crippen LogP contribution in [0.3, 0.4) is 0 Å². The Balaban J connectivity index is 2.65. The standard InChI is InChI=1S/C16H26N2O/c1-12-8-6-7-9-14(12)13(2)10-15(19)18(5)11-16(3,4)17/h6-9,13H,10-11,17H2,1-5H3. The summed E-state index contributed by atoms with van der Waals surface area (Å²) in [6.45, 7) is 8.63. The number of hydrogen-bond acceptors (Lipinski definition) is 2. The van der Waals surface area contributed by atoms with Gasteiger partial charge >= 0.3 is 0 Å². The molecule has 0 aliphatic heterocycles. The van der Waals surface area contributed by atoms with Gasteiger partial charge < -0.3 is 10.6 Å². The second-order valence-corrected chi connectivity index (χ2v) is 6.20. The Kier molecular flexibility index (Phi) is 5.12. The monoisotopic (exact) mass is 262 g/mol. The number of likely N-dealkylation sites (N-methyl/N-ethyl adjacent to an activating group) is 1. The van der Waals surface area contributed by atoms with E-state index in [1.54, 1.807) is 4.90 Å². The lowest BCUT2D eigenvalue weighted by atomic mass is 9.93. The molecule has 1 atom stereocenters. The molecule has 0 aliphatic rings. The van der Waals surface area contributed by atoms with Crippen LogP contribution in [-0.2, 0) is 4.79 Å². The number of amides is 1. The van der Waals surface area contributed by atoms with Crippen LogP contribution in [0.1, 0.15) is 44.2 Å². The largest absolute Gasteiger partial charge is 0.344 e. The summed E-state index contributed by atoms with van der Waals surface area (Å²) in [7, 11) is 1.82. The van der Waals surface area contributed by atoms with Gasteiger partial charge in [0.25, 0.3) is 0 Å². The van der Waals surface area contributed by atoms with Crippen LogP contribution in [-0.4, -0.2) is 29.9 Å². The summed E-state index contributed by atoms with van der Waals surface area (Å²) in [6, 6.07) is 8.23. The molecule has 0 heterocycles. The molecule has 3 nitrogen and oxygen atoms in total. The molecule has 1 aromatic rings. The number of carbonyl (C=O) groups excluding carboxylic acids is 1. The Morgan fingerprint density at radius 2 is 1.95 bits per heavy atom. The van der Waals surface area contributed by atoms with Crippen LogP contribution in [0.15, 0.2) is 24.3 Å². The van der Waals surface area contributed by atoms with Crippen molar-refractivity contribution in [3.8, 4) is 0 Å².